The summed E-state index contributed by atoms with van der Waals surface area (Å²) in [6.07, 6.45) is 7.81. The van der Waals surface area contributed by atoms with Gasteiger partial charge >= 0.3 is 0 Å². The highest BCUT2D eigenvalue weighted by Gasteiger charge is 2.09. The van der Waals surface area contributed by atoms with Crippen molar-refractivity contribution in [2.45, 2.75) is 31.7 Å². The van der Waals surface area contributed by atoms with Crippen molar-refractivity contribution in [1.82, 2.24) is 5.32 Å². The average Bonchev–Trinajstić information content (AvgIpc) is 2.17. The molecular weight excluding hydrogens is 142 g/mol. The third-order valence-electron chi connectivity index (χ3n) is 2.03. The van der Waals surface area contributed by atoms with E-state index in [4.69, 9.17) is 0 Å². The number of hydrogen-bond acceptors (Lipinski definition) is 2. The van der Waals surface area contributed by atoms with Crippen molar-refractivity contribution in [2.24, 2.45) is 0 Å². The first kappa shape index (κ1) is 8.41. The summed E-state index contributed by atoms with van der Waals surface area (Å²) in [6.45, 7) is 1.24. The highest BCUT2D eigenvalue weighted by atomic mass is 32.2. The second-order valence-corrected chi connectivity index (χ2v) is 3.87. The van der Waals surface area contributed by atoms with E-state index in [1.165, 1.54) is 38.0 Å². The van der Waals surface area contributed by atoms with E-state index < -0.39 is 0 Å². The first-order chi connectivity index (χ1) is 4.93. The van der Waals surface area contributed by atoms with Gasteiger partial charge in [0.05, 0.1) is 0 Å². The van der Waals surface area contributed by atoms with Crippen molar-refractivity contribution in [3.63, 3.8) is 0 Å². The summed E-state index contributed by atoms with van der Waals surface area (Å²) in [7, 11) is 0. The zero-order chi connectivity index (χ0) is 7.23. The van der Waals surface area contributed by atoms with Crippen molar-refractivity contribution < 1.29 is 0 Å². The third kappa shape index (κ3) is 2.93. The second-order valence-electron chi connectivity index (χ2n) is 2.96. The molecule has 1 nitrogen and oxygen atoms in total. The topological polar surface area (TPSA) is 12.0 Å². The minimum Gasteiger partial charge on any atom is -0.313 e. The van der Waals surface area contributed by atoms with E-state index in [0.29, 0.717) is 0 Å². The fourth-order valence-corrected chi connectivity index (χ4v) is 2.13. The van der Waals surface area contributed by atoms with Crippen LogP contribution in [0.4, 0.5) is 0 Å². The van der Waals surface area contributed by atoms with E-state index in [1.807, 2.05) is 11.8 Å². The van der Waals surface area contributed by atoms with Crippen LogP contribution in [0.1, 0.15) is 25.7 Å². The molecule has 1 fully saturated rings. The lowest BCUT2D eigenvalue weighted by Gasteiger charge is -2.12. The standard InChI is InChI=1S/C8H17NS/c1-10-7-8-5-3-2-4-6-9-8/h8-9H,2-7H2,1H3. The summed E-state index contributed by atoms with van der Waals surface area (Å²) >= 11 is 1.95. The van der Waals surface area contributed by atoms with Crippen molar-refractivity contribution in [1.29, 1.82) is 0 Å². The smallest absolute Gasteiger partial charge is 0.0158 e. The number of thioether (sulfide) groups is 1. The zero-order valence-corrected chi connectivity index (χ0v) is 7.54. The summed E-state index contributed by atoms with van der Waals surface area (Å²) in [5, 5.41) is 3.56. The molecule has 0 aromatic heterocycles. The number of hydrogen-bond donors (Lipinski definition) is 1. The number of nitrogens with one attached hydrogen (secondary N) is 1. The maximum atomic E-state index is 3.56. The minimum atomic E-state index is 0.803. The molecule has 1 heterocycles. The molecule has 0 radical (unpaired) electrons. The van der Waals surface area contributed by atoms with Crippen LogP contribution < -0.4 is 5.32 Å². The van der Waals surface area contributed by atoms with E-state index in [9.17, 15) is 0 Å². The SMILES string of the molecule is CSCC1CCCCCN1. The van der Waals surface area contributed by atoms with Gasteiger partial charge in [0.25, 0.3) is 0 Å². The van der Waals surface area contributed by atoms with Crippen molar-refractivity contribution in [3.05, 3.63) is 0 Å². The van der Waals surface area contributed by atoms with Gasteiger partial charge in [0.15, 0.2) is 0 Å². The molecule has 1 aliphatic rings. The summed E-state index contributed by atoms with van der Waals surface area (Å²) in [5.41, 5.74) is 0. The lowest BCUT2D eigenvalue weighted by atomic mass is 10.1. The molecule has 1 unspecified atom stereocenters. The maximum absolute atomic E-state index is 3.56. The predicted molar refractivity (Wildman–Crippen MR) is 48.6 cm³/mol. The highest BCUT2D eigenvalue weighted by Crippen LogP contribution is 2.11. The van der Waals surface area contributed by atoms with Crippen LogP contribution in [0.3, 0.4) is 0 Å². The minimum absolute atomic E-state index is 0.803. The molecular formula is C8H17NS. The van der Waals surface area contributed by atoms with Crippen LogP contribution >= 0.6 is 11.8 Å². The van der Waals surface area contributed by atoms with E-state index in [-0.39, 0.29) is 0 Å². The van der Waals surface area contributed by atoms with E-state index in [1.54, 1.807) is 0 Å². The second kappa shape index (κ2) is 5.03. The highest BCUT2D eigenvalue weighted by molar-refractivity contribution is 7.98. The first-order valence-corrected chi connectivity index (χ1v) is 5.55. The van der Waals surface area contributed by atoms with Gasteiger partial charge in [-0.05, 0) is 25.6 Å². The van der Waals surface area contributed by atoms with Crippen molar-refractivity contribution >= 4 is 11.8 Å². The van der Waals surface area contributed by atoms with Gasteiger partial charge in [-0.3, -0.25) is 0 Å². The summed E-state index contributed by atoms with van der Waals surface area (Å²) in [6, 6.07) is 0.803. The van der Waals surface area contributed by atoms with Crippen LogP contribution in [0.5, 0.6) is 0 Å². The Balaban J connectivity index is 2.15. The summed E-state index contributed by atoms with van der Waals surface area (Å²) in [5.74, 6) is 1.29. The quantitative estimate of drug-likeness (QED) is 0.660. The fourth-order valence-electron chi connectivity index (χ4n) is 1.44. The van der Waals surface area contributed by atoms with Gasteiger partial charge in [-0.25, -0.2) is 0 Å². The zero-order valence-electron chi connectivity index (χ0n) is 6.73. The first-order valence-electron chi connectivity index (χ1n) is 4.16. The Morgan fingerprint density at radius 3 is 3.10 bits per heavy atom. The average molecular weight is 159 g/mol. The predicted octanol–water partition coefficient (Wildman–Crippen LogP) is 1.88. The number of rotatable bonds is 2. The Kier molecular flexibility index (Phi) is 4.23. The van der Waals surface area contributed by atoms with Gasteiger partial charge in [0, 0.05) is 11.8 Å². The molecule has 1 saturated heterocycles. The Morgan fingerprint density at radius 2 is 2.30 bits per heavy atom. The van der Waals surface area contributed by atoms with Crippen LogP contribution in [-0.2, 0) is 0 Å². The third-order valence-corrected chi connectivity index (χ3v) is 2.77. The molecule has 10 heavy (non-hydrogen) atoms. The Labute approximate surface area is 68.0 Å². The van der Waals surface area contributed by atoms with Crippen LogP contribution in [-0.4, -0.2) is 24.6 Å². The van der Waals surface area contributed by atoms with Gasteiger partial charge < -0.3 is 5.32 Å². The summed E-state index contributed by atoms with van der Waals surface area (Å²) in [4.78, 5) is 0. The molecule has 0 amide bonds. The fraction of sp³-hybridized carbons (Fsp3) is 1.00. The lowest BCUT2D eigenvalue weighted by molar-refractivity contribution is 0.558. The molecule has 1 aliphatic heterocycles. The van der Waals surface area contributed by atoms with E-state index >= 15 is 0 Å². The molecule has 60 valence electrons. The van der Waals surface area contributed by atoms with Gasteiger partial charge in [-0.1, -0.05) is 12.8 Å². The molecule has 0 spiro atoms. The van der Waals surface area contributed by atoms with E-state index in [2.05, 4.69) is 11.6 Å². The van der Waals surface area contributed by atoms with Gasteiger partial charge in [0.2, 0.25) is 0 Å². The monoisotopic (exact) mass is 159 g/mol. The van der Waals surface area contributed by atoms with E-state index in [0.717, 1.165) is 6.04 Å². The Bertz CT molecular complexity index is 77.3. The van der Waals surface area contributed by atoms with Gasteiger partial charge in [-0.15, -0.1) is 0 Å². The van der Waals surface area contributed by atoms with Crippen LogP contribution in [0.25, 0.3) is 0 Å². The van der Waals surface area contributed by atoms with Gasteiger partial charge in [0.1, 0.15) is 0 Å². The molecule has 1 N–H and O–H groups in total. The molecule has 1 rings (SSSR count). The summed E-state index contributed by atoms with van der Waals surface area (Å²) < 4.78 is 0. The normalized spacial score (nSPS) is 27.9. The Hall–Kier alpha value is 0.310. The maximum Gasteiger partial charge on any atom is 0.0158 e. The van der Waals surface area contributed by atoms with Crippen LogP contribution in [0.2, 0.25) is 0 Å². The molecule has 0 saturated carbocycles. The Morgan fingerprint density at radius 1 is 1.40 bits per heavy atom. The van der Waals surface area contributed by atoms with Crippen molar-refractivity contribution in [2.75, 3.05) is 18.6 Å². The molecule has 0 aliphatic carbocycles. The lowest BCUT2D eigenvalue weighted by Crippen LogP contribution is -2.30. The van der Waals surface area contributed by atoms with Crippen molar-refractivity contribution in [3.8, 4) is 0 Å². The molecule has 0 aromatic carbocycles. The largest absolute Gasteiger partial charge is 0.313 e. The molecule has 0 aromatic rings. The van der Waals surface area contributed by atoms with Crippen LogP contribution in [0.15, 0.2) is 0 Å². The molecule has 2 heteroatoms. The van der Waals surface area contributed by atoms with Crippen LogP contribution in [0, 0.1) is 0 Å². The molecule has 0 bridgehead atoms. The van der Waals surface area contributed by atoms with Gasteiger partial charge in [-0.2, -0.15) is 11.8 Å². The molecule has 1 atom stereocenters.